The Kier molecular flexibility index (Phi) is 3.86. The van der Waals surface area contributed by atoms with Gasteiger partial charge in [-0.2, -0.15) is 0 Å². The number of hydrogen-bond donors (Lipinski definition) is 1. The van der Waals surface area contributed by atoms with E-state index in [1.807, 2.05) is 12.4 Å². The summed E-state index contributed by atoms with van der Waals surface area (Å²) in [4.78, 5) is 4.22. The van der Waals surface area contributed by atoms with Crippen molar-refractivity contribution in [2.75, 3.05) is 6.54 Å². The molecule has 15 heavy (non-hydrogen) atoms. The van der Waals surface area contributed by atoms with Gasteiger partial charge in [-0.15, -0.1) is 0 Å². The molecule has 1 aromatic heterocycles. The van der Waals surface area contributed by atoms with Gasteiger partial charge in [0.15, 0.2) is 0 Å². The van der Waals surface area contributed by atoms with Crippen LogP contribution in [0, 0.1) is 12.3 Å². The van der Waals surface area contributed by atoms with Gasteiger partial charge in [0.25, 0.3) is 0 Å². The SMILES string of the molecule is CCNC(c1cnccc1C)C(C)(C)C. The summed E-state index contributed by atoms with van der Waals surface area (Å²) in [5, 5.41) is 3.54. The van der Waals surface area contributed by atoms with Crippen LogP contribution in [0.4, 0.5) is 0 Å². The van der Waals surface area contributed by atoms with E-state index in [0.717, 1.165) is 6.54 Å². The van der Waals surface area contributed by atoms with Crippen LogP contribution in [0.3, 0.4) is 0 Å². The minimum Gasteiger partial charge on any atom is -0.310 e. The summed E-state index contributed by atoms with van der Waals surface area (Å²) in [6.07, 6.45) is 3.83. The minimum atomic E-state index is 0.212. The van der Waals surface area contributed by atoms with Crippen LogP contribution >= 0.6 is 0 Å². The van der Waals surface area contributed by atoms with Gasteiger partial charge in [-0.1, -0.05) is 27.7 Å². The molecule has 0 bridgehead atoms. The fourth-order valence-electron chi connectivity index (χ4n) is 1.87. The molecule has 1 atom stereocenters. The Balaban J connectivity index is 3.05. The highest BCUT2D eigenvalue weighted by Gasteiger charge is 2.26. The van der Waals surface area contributed by atoms with E-state index in [0.29, 0.717) is 6.04 Å². The maximum atomic E-state index is 4.22. The van der Waals surface area contributed by atoms with Crippen molar-refractivity contribution in [1.82, 2.24) is 10.3 Å². The van der Waals surface area contributed by atoms with Crippen molar-refractivity contribution in [2.45, 2.75) is 40.7 Å². The van der Waals surface area contributed by atoms with E-state index in [1.54, 1.807) is 0 Å². The van der Waals surface area contributed by atoms with E-state index < -0.39 is 0 Å². The molecule has 0 saturated heterocycles. The number of nitrogens with zero attached hydrogens (tertiary/aromatic N) is 1. The molecule has 0 fully saturated rings. The van der Waals surface area contributed by atoms with E-state index in [4.69, 9.17) is 0 Å². The quantitative estimate of drug-likeness (QED) is 0.822. The van der Waals surface area contributed by atoms with Gasteiger partial charge in [0.1, 0.15) is 0 Å². The molecule has 2 nitrogen and oxygen atoms in total. The van der Waals surface area contributed by atoms with Crippen molar-refractivity contribution in [2.24, 2.45) is 5.41 Å². The molecule has 0 saturated carbocycles. The molecular weight excluding hydrogens is 184 g/mol. The number of hydrogen-bond acceptors (Lipinski definition) is 2. The summed E-state index contributed by atoms with van der Waals surface area (Å²) in [6, 6.07) is 2.45. The standard InChI is InChI=1S/C13H22N2/c1-6-15-12(13(3,4)5)11-9-14-8-7-10(11)2/h7-9,12,15H,6H2,1-5H3. The first-order valence-electron chi connectivity index (χ1n) is 5.60. The first-order chi connectivity index (χ1) is 6.96. The summed E-state index contributed by atoms with van der Waals surface area (Å²) in [7, 11) is 0. The lowest BCUT2D eigenvalue weighted by Gasteiger charge is -2.32. The van der Waals surface area contributed by atoms with Crippen molar-refractivity contribution >= 4 is 0 Å². The van der Waals surface area contributed by atoms with Crippen LogP contribution in [-0.2, 0) is 0 Å². The number of aryl methyl sites for hydroxylation is 1. The van der Waals surface area contributed by atoms with Crippen LogP contribution in [0.5, 0.6) is 0 Å². The summed E-state index contributed by atoms with van der Waals surface area (Å²) >= 11 is 0. The number of rotatable bonds is 3. The lowest BCUT2D eigenvalue weighted by molar-refractivity contribution is 0.275. The molecule has 1 rings (SSSR count). The smallest absolute Gasteiger partial charge is 0.0387 e. The maximum Gasteiger partial charge on any atom is 0.0387 e. The van der Waals surface area contributed by atoms with E-state index in [2.05, 4.69) is 51.0 Å². The Bertz CT molecular complexity index is 313. The van der Waals surface area contributed by atoms with Gasteiger partial charge in [0.2, 0.25) is 0 Å². The highest BCUT2D eigenvalue weighted by molar-refractivity contribution is 5.26. The lowest BCUT2D eigenvalue weighted by Crippen LogP contribution is -2.32. The molecular formula is C13H22N2. The summed E-state index contributed by atoms with van der Waals surface area (Å²) in [5.41, 5.74) is 2.84. The van der Waals surface area contributed by atoms with Crippen LogP contribution in [0.1, 0.15) is 44.9 Å². The molecule has 0 aromatic carbocycles. The fraction of sp³-hybridized carbons (Fsp3) is 0.615. The van der Waals surface area contributed by atoms with Crippen molar-refractivity contribution in [3.05, 3.63) is 29.6 Å². The molecule has 1 heterocycles. The maximum absolute atomic E-state index is 4.22. The van der Waals surface area contributed by atoms with E-state index in [1.165, 1.54) is 11.1 Å². The lowest BCUT2D eigenvalue weighted by atomic mass is 9.81. The molecule has 1 unspecified atom stereocenters. The van der Waals surface area contributed by atoms with E-state index >= 15 is 0 Å². The van der Waals surface area contributed by atoms with Crippen molar-refractivity contribution in [3.63, 3.8) is 0 Å². The molecule has 1 aromatic rings. The van der Waals surface area contributed by atoms with Gasteiger partial charge in [-0.25, -0.2) is 0 Å². The Morgan fingerprint density at radius 3 is 2.53 bits per heavy atom. The van der Waals surface area contributed by atoms with Gasteiger partial charge in [0.05, 0.1) is 0 Å². The van der Waals surface area contributed by atoms with Gasteiger partial charge in [-0.05, 0) is 36.1 Å². The Labute approximate surface area is 93.1 Å². The van der Waals surface area contributed by atoms with Crippen LogP contribution in [-0.4, -0.2) is 11.5 Å². The van der Waals surface area contributed by atoms with Crippen LogP contribution < -0.4 is 5.32 Å². The van der Waals surface area contributed by atoms with Gasteiger partial charge in [-0.3, -0.25) is 4.98 Å². The normalized spacial score (nSPS) is 13.9. The highest BCUT2D eigenvalue weighted by Crippen LogP contribution is 2.33. The van der Waals surface area contributed by atoms with Crippen molar-refractivity contribution in [3.8, 4) is 0 Å². The first kappa shape index (κ1) is 12.2. The van der Waals surface area contributed by atoms with Crippen molar-refractivity contribution in [1.29, 1.82) is 0 Å². The van der Waals surface area contributed by atoms with Crippen LogP contribution in [0.15, 0.2) is 18.5 Å². The molecule has 0 amide bonds. The number of nitrogens with one attached hydrogen (secondary N) is 1. The second-order valence-corrected chi connectivity index (χ2v) is 5.09. The minimum absolute atomic E-state index is 0.212. The molecule has 84 valence electrons. The summed E-state index contributed by atoms with van der Waals surface area (Å²) in [5.74, 6) is 0. The van der Waals surface area contributed by atoms with Crippen LogP contribution in [0.25, 0.3) is 0 Å². The fourth-order valence-corrected chi connectivity index (χ4v) is 1.87. The molecule has 1 N–H and O–H groups in total. The van der Waals surface area contributed by atoms with Crippen LogP contribution in [0.2, 0.25) is 0 Å². The largest absolute Gasteiger partial charge is 0.310 e. The first-order valence-corrected chi connectivity index (χ1v) is 5.60. The average Bonchev–Trinajstić information content (AvgIpc) is 2.14. The Hall–Kier alpha value is -0.890. The third-order valence-corrected chi connectivity index (χ3v) is 2.66. The second-order valence-electron chi connectivity index (χ2n) is 5.09. The predicted octanol–water partition coefficient (Wildman–Crippen LogP) is 3.09. The molecule has 2 heteroatoms. The van der Waals surface area contributed by atoms with Gasteiger partial charge < -0.3 is 5.32 Å². The summed E-state index contributed by atoms with van der Waals surface area (Å²) in [6.45, 7) is 12.0. The van der Waals surface area contributed by atoms with Gasteiger partial charge >= 0.3 is 0 Å². The number of pyridine rings is 1. The third kappa shape index (κ3) is 3.03. The Morgan fingerprint density at radius 1 is 1.40 bits per heavy atom. The molecule has 0 radical (unpaired) electrons. The molecule has 0 spiro atoms. The average molecular weight is 206 g/mol. The highest BCUT2D eigenvalue weighted by atomic mass is 14.9. The Morgan fingerprint density at radius 2 is 2.07 bits per heavy atom. The predicted molar refractivity (Wildman–Crippen MR) is 64.8 cm³/mol. The monoisotopic (exact) mass is 206 g/mol. The molecule has 0 aliphatic heterocycles. The number of aromatic nitrogens is 1. The van der Waals surface area contributed by atoms with Gasteiger partial charge in [0, 0.05) is 18.4 Å². The zero-order valence-electron chi connectivity index (χ0n) is 10.5. The van der Waals surface area contributed by atoms with E-state index in [-0.39, 0.29) is 5.41 Å². The third-order valence-electron chi connectivity index (χ3n) is 2.66. The molecule has 0 aliphatic carbocycles. The summed E-state index contributed by atoms with van der Waals surface area (Å²) < 4.78 is 0. The second kappa shape index (κ2) is 4.75. The van der Waals surface area contributed by atoms with E-state index in [9.17, 15) is 0 Å². The molecule has 0 aliphatic rings. The van der Waals surface area contributed by atoms with Crippen molar-refractivity contribution < 1.29 is 0 Å². The zero-order valence-corrected chi connectivity index (χ0v) is 10.5. The zero-order chi connectivity index (χ0) is 11.5. The topological polar surface area (TPSA) is 24.9 Å².